The van der Waals surface area contributed by atoms with Crippen molar-refractivity contribution in [1.29, 1.82) is 0 Å². The van der Waals surface area contributed by atoms with Crippen LogP contribution in [0, 0.1) is 0 Å². The van der Waals surface area contributed by atoms with Crippen LogP contribution in [0.15, 0.2) is 29.2 Å². The molecule has 4 nitrogen and oxygen atoms in total. The first-order valence-electron chi connectivity index (χ1n) is 4.05. The van der Waals surface area contributed by atoms with Crippen molar-refractivity contribution in [2.24, 2.45) is 0 Å². The van der Waals surface area contributed by atoms with E-state index in [9.17, 15) is 8.76 Å². The molecule has 0 aromatic heterocycles. The molecule has 0 aliphatic heterocycles. The summed E-state index contributed by atoms with van der Waals surface area (Å²) in [4.78, 5) is 0.170. The molecule has 1 aromatic carbocycles. The number of hydrogen-bond donors (Lipinski definition) is 0. The van der Waals surface area contributed by atoms with Gasteiger partial charge in [-0.25, -0.2) is 0 Å². The van der Waals surface area contributed by atoms with Gasteiger partial charge in [-0.15, -0.1) is 0 Å². The largest absolute Gasteiger partial charge is 1.00 e. The number of methoxy groups -OCH3 is 1. The van der Waals surface area contributed by atoms with Crippen LogP contribution < -0.4 is 34.3 Å². The predicted molar refractivity (Wildman–Crippen MR) is 51.0 cm³/mol. The molecule has 0 fully saturated rings. The molecule has 0 radical (unpaired) electrons. The topological polar surface area (TPSA) is 58.6 Å². The van der Waals surface area contributed by atoms with Crippen molar-refractivity contribution in [3.8, 4) is 5.75 Å². The Bertz CT molecular complexity index is 319. The molecule has 0 amide bonds. The second-order valence-electron chi connectivity index (χ2n) is 2.52. The van der Waals surface area contributed by atoms with Gasteiger partial charge in [0.2, 0.25) is 0 Å². The fourth-order valence-electron chi connectivity index (χ4n) is 0.942. The smallest absolute Gasteiger partial charge is 0.768 e. The molecule has 0 aliphatic rings. The maximum Gasteiger partial charge on any atom is 1.00 e. The number of ether oxygens (including phenoxy) is 2. The van der Waals surface area contributed by atoms with E-state index >= 15 is 0 Å². The Labute approximate surface area is 114 Å². The summed E-state index contributed by atoms with van der Waals surface area (Å²) >= 11 is -2.26. The first-order valence-corrected chi connectivity index (χ1v) is 5.13. The van der Waals surface area contributed by atoms with Crippen molar-refractivity contribution < 1.29 is 47.8 Å². The summed E-state index contributed by atoms with van der Waals surface area (Å²) in [5.41, 5.74) is 0. The average molecular weight is 238 g/mol. The van der Waals surface area contributed by atoms with Crippen LogP contribution >= 0.6 is 0 Å². The van der Waals surface area contributed by atoms with Gasteiger partial charge < -0.3 is 14.0 Å². The Morgan fingerprint density at radius 3 is 2.60 bits per heavy atom. The Morgan fingerprint density at radius 1 is 1.33 bits per heavy atom. The van der Waals surface area contributed by atoms with Crippen LogP contribution in [-0.4, -0.2) is 29.1 Å². The Balaban J connectivity index is 0.00000196. The third kappa shape index (κ3) is 5.10. The summed E-state index contributed by atoms with van der Waals surface area (Å²) in [5.74, 6) is 0.359. The molecule has 0 aliphatic carbocycles. The quantitative estimate of drug-likeness (QED) is 0.337. The fourth-order valence-corrected chi connectivity index (χ4v) is 1.42. The van der Waals surface area contributed by atoms with Crippen LogP contribution in [0.2, 0.25) is 0 Å². The van der Waals surface area contributed by atoms with Gasteiger partial charge in [0.05, 0.1) is 11.5 Å². The molecular formula is C9H11NaO4S. The number of benzene rings is 1. The number of para-hydroxylation sites is 1. The van der Waals surface area contributed by atoms with E-state index in [4.69, 9.17) is 9.47 Å². The maximum absolute atomic E-state index is 10.7. The van der Waals surface area contributed by atoms with Gasteiger partial charge in [-0.2, -0.15) is 0 Å². The van der Waals surface area contributed by atoms with Crippen LogP contribution in [0.25, 0.3) is 0 Å². The normalized spacial score (nSPS) is 11.6. The summed E-state index contributed by atoms with van der Waals surface area (Å²) in [6.45, 7) is 0.768. The molecule has 1 atom stereocenters. The maximum atomic E-state index is 10.7. The van der Waals surface area contributed by atoms with E-state index in [0.29, 0.717) is 19.0 Å². The van der Waals surface area contributed by atoms with Gasteiger partial charge in [-0.3, -0.25) is 4.21 Å². The van der Waals surface area contributed by atoms with Crippen LogP contribution in [0.4, 0.5) is 0 Å². The van der Waals surface area contributed by atoms with Gasteiger partial charge in [0.25, 0.3) is 0 Å². The Morgan fingerprint density at radius 2 is 2.00 bits per heavy atom. The number of hydrogen-bond acceptors (Lipinski definition) is 4. The molecular weight excluding hydrogens is 227 g/mol. The van der Waals surface area contributed by atoms with E-state index in [1.165, 1.54) is 6.07 Å². The monoisotopic (exact) mass is 238 g/mol. The summed E-state index contributed by atoms with van der Waals surface area (Å²) in [7, 11) is 1.56. The van der Waals surface area contributed by atoms with Crippen LogP contribution in [0.5, 0.6) is 5.75 Å². The number of rotatable bonds is 5. The molecule has 78 valence electrons. The molecule has 0 heterocycles. The fraction of sp³-hybridized carbons (Fsp3) is 0.333. The molecule has 1 unspecified atom stereocenters. The second kappa shape index (κ2) is 8.27. The molecule has 1 rings (SSSR count). The molecule has 1 aromatic rings. The predicted octanol–water partition coefficient (Wildman–Crippen LogP) is -2.05. The van der Waals surface area contributed by atoms with Crippen LogP contribution in [0.3, 0.4) is 0 Å². The zero-order valence-electron chi connectivity index (χ0n) is 8.76. The third-order valence-electron chi connectivity index (χ3n) is 1.57. The zero-order chi connectivity index (χ0) is 10.4. The minimum absolute atomic E-state index is 0. The standard InChI is InChI=1S/C9H12O4S.Na/c1-12-6-7-13-8-4-2-3-5-9(8)14(10)11;/h2-5H,6-7H2,1H3,(H,10,11);/q;+1/p-1. The molecule has 15 heavy (non-hydrogen) atoms. The molecule has 6 heteroatoms. The Hall–Kier alpha value is 0.0900. The molecule has 0 spiro atoms. The van der Waals surface area contributed by atoms with E-state index in [-0.39, 0.29) is 34.5 Å². The molecule has 0 saturated heterocycles. The van der Waals surface area contributed by atoms with Crippen LogP contribution in [-0.2, 0) is 15.8 Å². The van der Waals surface area contributed by atoms with Gasteiger partial charge in [0.1, 0.15) is 12.4 Å². The molecule has 0 bridgehead atoms. The van der Waals surface area contributed by atoms with E-state index in [2.05, 4.69) is 0 Å². The second-order valence-corrected chi connectivity index (χ2v) is 3.43. The Kier molecular flexibility index (Phi) is 8.32. The van der Waals surface area contributed by atoms with Crippen molar-refractivity contribution in [2.45, 2.75) is 4.90 Å². The van der Waals surface area contributed by atoms with Crippen molar-refractivity contribution >= 4 is 11.1 Å². The molecule has 0 N–H and O–H groups in total. The van der Waals surface area contributed by atoms with E-state index in [1.807, 2.05) is 0 Å². The third-order valence-corrected chi connectivity index (χ3v) is 2.27. The van der Waals surface area contributed by atoms with Crippen molar-refractivity contribution in [3.63, 3.8) is 0 Å². The van der Waals surface area contributed by atoms with Gasteiger partial charge in [0, 0.05) is 7.11 Å². The van der Waals surface area contributed by atoms with Crippen molar-refractivity contribution in [3.05, 3.63) is 24.3 Å². The summed E-state index contributed by atoms with van der Waals surface area (Å²) in [6, 6.07) is 6.47. The van der Waals surface area contributed by atoms with E-state index in [1.54, 1.807) is 25.3 Å². The SMILES string of the molecule is COCCOc1ccccc1S(=O)[O-].[Na+]. The zero-order valence-corrected chi connectivity index (χ0v) is 11.6. The molecule has 0 saturated carbocycles. The van der Waals surface area contributed by atoms with E-state index < -0.39 is 11.1 Å². The van der Waals surface area contributed by atoms with Gasteiger partial charge in [-0.05, 0) is 23.2 Å². The minimum atomic E-state index is -2.26. The first-order chi connectivity index (χ1) is 6.75. The minimum Gasteiger partial charge on any atom is -0.768 e. The summed E-state index contributed by atoms with van der Waals surface area (Å²) < 4.78 is 31.5. The van der Waals surface area contributed by atoms with Crippen LogP contribution in [0.1, 0.15) is 0 Å². The van der Waals surface area contributed by atoms with Gasteiger partial charge in [-0.1, -0.05) is 12.1 Å². The van der Waals surface area contributed by atoms with Crippen molar-refractivity contribution in [2.75, 3.05) is 20.3 Å². The summed E-state index contributed by atoms with van der Waals surface area (Å²) in [6.07, 6.45) is 0. The van der Waals surface area contributed by atoms with Gasteiger partial charge in [0.15, 0.2) is 0 Å². The van der Waals surface area contributed by atoms with Crippen molar-refractivity contribution in [1.82, 2.24) is 0 Å². The van der Waals surface area contributed by atoms with Gasteiger partial charge >= 0.3 is 29.6 Å². The first kappa shape index (κ1) is 15.1. The summed E-state index contributed by atoms with van der Waals surface area (Å²) in [5, 5.41) is 0. The average Bonchev–Trinajstić information content (AvgIpc) is 2.19. The van der Waals surface area contributed by atoms with E-state index in [0.717, 1.165) is 0 Å².